The first kappa shape index (κ1) is 16.7. The Labute approximate surface area is 140 Å². The fraction of sp³-hybridized carbons (Fsp3) is 0.778. The number of piperidine rings is 1. The lowest BCUT2D eigenvalue weighted by Crippen LogP contribution is -2.46. The zero-order valence-electron chi connectivity index (χ0n) is 14.8. The predicted octanol–water partition coefficient (Wildman–Crippen LogP) is 2.56. The zero-order valence-corrected chi connectivity index (χ0v) is 14.8. The molecule has 0 aromatic carbocycles. The third-order valence-electron chi connectivity index (χ3n) is 5.13. The Bertz CT molecular complexity index is 487. The quantitative estimate of drug-likeness (QED) is 0.853. The Morgan fingerprint density at radius 2 is 1.96 bits per heavy atom. The van der Waals surface area contributed by atoms with Crippen molar-refractivity contribution < 1.29 is 4.74 Å². The first-order valence-corrected chi connectivity index (χ1v) is 9.01. The minimum atomic E-state index is 0.443. The Balaban J connectivity index is 1.51. The van der Waals surface area contributed by atoms with Gasteiger partial charge in [-0.1, -0.05) is 0 Å². The first-order valence-electron chi connectivity index (χ1n) is 9.01. The van der Waals surface area contributed by atoms with Gasteiger partial charge in [-0.15, -0.1) is 0 Å². The number of hydrogen-bond donors (Lipinski definition) is 0. The van der Waals surface area contributed by atoms with Crippen LogP contribution in [0.15, 0.2) is 6.07 Å². The van der Waals surface area contributed by atoms with E-state index in [-0.39, 0.29) is 0 Å². The average molecular weight is 318 g/mol. The molecule has 0 spiro atoms. The number of aryl methyl sites for hydroxylation is 2. The molecule has 0 unspecified atom stereocenters. The highest BCUT2D eigenvalue weighted by atomic mass is 16.5. The summed E-state index contributed by atoms with van der Waals surface area (Å²) in [6.07, 6.45) is 6.62. The van der Waals surface area contributed by atoms with Crippen molar-refractivity contribution in [1.82, 2.24) is 14.9 Å². The second kappa shape index (κ2) is 7.58. The molecule has 0 saturated carbocycles. The molecule has 2 saturated heterocycles. The third-order valence-corrected chi connectivity index (χ3v) is 5.13. The molecule has 0 radical (unpaired) electrons. The van der Waals surface area contributed by atoms with Gasteiger partial charge in [0.15, 0.2) is 0 Å². The summed E-state index contributed by atoms with van der Waals surface area (Å²) in [6, 6.07) is 2.77. The van der Waals surface area contributed by atoms with Gasteiger partial charge < -0.3 is 14.5 Å². The molecule has 1 aromatic rings. The summed E-state index contributed by atoms with van der Waals surface area (Å²) in [4.78, 5) is 13.9. The topological polar surface area (TPSA) is 41.5 Å². The average Bonchev–Trinajstić information content (AvgIpc) is 2.55. The van der Waals surface area contributed by atoms with E-state index in [4.69, 9.17) is 4.74 Å². The minimum Gasteiger partial charge on any atom is -0.377 e. The van der Waals surface area contributed by atoms with Crippen LogP contribution in [0.2, 0.25) is 0 Å². The Kier molecular flexibility index (Phi) is 5.49. The molecular weight excluding hydrogens is 288 g/mol. The van der Waals surface area contributed by atoms with Crippen LogP contribution in [0.25, 0.3) is 0 Å². The molecule has 5 heteroatoms. The molecule has 0 amide bonds. The number of ether oxygens (including phenoxy) is 1. The molecule has 0 aliphatic carbocycles. The van der Waals surface area contributed by atoms with Crippen molar-refractivity contribution in [2.75, 3.05) is 38.2 Å². The van der Waals surface area contributed by atoms with Crippen LogP contribution < -0.4 is 4.90 Å². The predicted molar refractivity (Wildman–Crippen MR) is 93.0 cm³/mol. The van der Waals surface area contributed by atoms with E-state index in [0.717, 1.165) is 43.6 Å². The highest BCUT2D eigenvalue weighted by Crippen LogP contribution is 2.22. The summed E-state index contributed by atoms with van der Waals surface area (Å²) >= 11 is 0. The van der Waals surface area contributed by atoms with Crippen molar-refractivity contribution in [3.8, 4) is 0 Å². The monoisotopic (exact) mass is 318 g/mol. The summed E-state index contributed by atoms with van der Waals surface area (Å²) in [7, 11) is 2.26. The highest BCUT2D eigenvalue weighted by Gasteiger charge is 2.25. The fourth-order valence-electron chi connectivity index (χ4n) is 3.82. The highest BCUT2D eigenvalue weighted by molar-refractivity contribution is 5.40. The van der Waals surface area contributed by atoms with Gasteiger partial charge in [0.2, 0.25) is 0 Å². The maximum atomic E-state index is 5.89. The van der Waals surface area contributed by atoms with Gasteiger partial charge in [0.1, 0.15) is 11.6 Å². The van der Waals surface area contributed by atoms with Crippen molar-refractivity contribution >= 4 is 5.82 Å². The van der Waals surface area contributed by atoms with Gasteiger partial charge in [0.05, 0.1) is 6.10 Å². The lowest BCUT2D eigenvalue weighted by Gasteiger charge is -2.39. The van der Waals surface area contributed by atoms with Gasteiger partial charge in [-0.3, -0.25) is 0 Å². The number of rotatable bonds is 4. The first-order chi connectivity index (χ1) is 11.1. The number of likely N-dealkylation sites (N-methyl/N-ethyl adjacent to an activating group) is 1. The molecule has 128 valence electrons. The molecule has 5 nitrogen and oxygen atoms in total. The standard InChI is InChI=1S/C18H30N4O/c1-14-12-18(20-15(2)19-14)22-9-7-16(8-10-22)21(3)13-17-6-4-5-11-23-17/h12,16-17H,4-11,13H2,1-3H3/t17-/m1/s1. The molecule has 23 heavy (non-hydrogen) atoms. The van der Waals surface area contributed by atoms with Crippen LogP contribution in [0.1, 0.15) is 43.6 Å². The Hall–Kier alpha value is -1.20. The van der Waals surface area contributed by atoms with E-state index in [2.05, 4.69) is 32.9 Å². The van der Waals surface area contributed by atoms with Crippen LogP contribution in [0.5, 0.6) is 0 Å². The van der Waals surface area contributed by atoms with Gasteiger partial charge in [0.25, 0.3) is 0 Å². The van der Waals surface area contributed by atoms with E-state index < -0.39 is 0 Å². The second-order valence-electron chi connectivity index (χ2n) is 7.06. The van der Waals surface area contributed by atoms with Gasteiger partial charge >= 0.3 is 0 Å². The largest absolute Gasteiger partial charge is 0.377 e. The van der Waals surface area contributed by atoms with E-state index in [1.807, 2.05) is 13.8 Å². The number of hydrogen-bond acceptors (Lipinski definition) is 5. The van der Waals surface area contributed by atoms with Gasteiger partial charge in [-0.05, 0) is 53.0 Å². The van der Waals surface area contributed by atoms with Gasteiger partial charge in [-0.2, -0.15) is 0 Å². The summed E-state index contributed by atoms with van der Waals surface area (Å²) in [6.45, 7) is 8.21. The molecular formula is C18H30N4O. The van der Waals surface area contributed by atoms with E-state index in [0.29, 0.717) is 12.1 Å². The molecule has 2 aliphatic rings. The number of anilines is 1. The van der Waals surface area contributed by atoms with E-state index in [1.54, 1.807) is 0 Å². The smallest absolute Gasteiger partial charge is 0.132 e. The molecule has 2 fully saturated rings. The molecule has 3 heterocycles. The Morgan fingerprint density at radius 3 is 2.61 bits per heavy atom. The number of nitrogens with zero attached hydrogens (tertiary/aromatic N) is 4. The van der Waals surface area contributed by atoms with Crippen molar-refractivity contribution in [2.24, 2.45) is 0 Å². The van der Waals surface area contributed by atoms with Crippen molar-refractivity contribution in [3.63, 3.8) is 0 Å². The third kappa shape index (κ3) is 4.42. The molecule has 1 aromatic heterocycles. The summed E-state index contributed by atoms with van der Waals surface area (Å²) in [5.41, 5.74) is 1.06. The van der Waals surface area contributed by atoms with E-state index in [9.17, 15) is 0 Å². The molecule has 2 aliphatic heterocycles. The SMILES string of the molecule is Cc1cc(N2CCC(N(C)C[C@H]3CCCCO3)CC2)nc(C)n1. The van der Waals surface area contributed by atoms with Crippen LogP contribution in [-0.2, 0) is 4.74 Å². The lowest BCUT2D eigenvalue weighted by atomic mass is 10.0. The lowest BCUT2D eigenvalue weighted by molar-refractivity contribution is -0.00985. The molecule has 0 bridgehead atoms. The van der Waals surface area contributed by atoms with E-state index >= 15 is 0 Å². The Morgan fingerprint density at radius 1 is 1.17 bits per heavy atom. The molecule has 3 rings (SSSR count). The van der Waals surface area contributed by atoms with Crippen molar-refractivity contribution in [3.05, 3.63) is 17.6 Å². The van der Waals surface area contributed by atoms with Crippen molar-refractivity contribution in [1.29, 1.82) is 0 Å². The molecule has 0 N–H and O–H groups in total. The van der Waals surface area contributed by atoms with Crippen molar-refractivity contribution in [2.45, 2.75) is 58.1 Å². The van der Waals surface area contributed by atoms with E-state index in [1.165, 1.54) is 32.1 Å². The zero-order chi connectivity index (χ0) is 16.2. The summed E-state index contributed by atoms with van der Waals surface area (Å²) in [5, 5.41) is 0. The van der Waals surface area contributed by atoms with Gasteiger partial charge in [-0.25, -0.2) is 9.97 Å². The molecule has 1 atom stereocenters. The van der Waals surface area contributed by atoms with Crippen LogP contribution >= 0.6 is 0 Å². The summed E-state index contributed by atoms with van der Waals surface area (Å²) < 4.78 is 5.89. The van der Waals surface area contributed by atoms with Gasteiger partial charge in [0, 0.05) is 44.0 Å². The normalized spacial score (nSPS) is 23.5. The maximum Gasteiger partial charge on any atom is 0.132 e. The van der Waals surface area contributed by atoms with Crippen LogP contribution in [0, 0.1) is 13.8 Å². The summed E-state index contributed by atoms with van der Waals surface area (Å²) in [5.74, 6) is 1.96. The van der Waals surface area contributed by atoms with Crippen LogP contribution in [0.3, 0.4) is 0 Å². The number of aromatic nitrogens is 2. The maximum absolute atomic E-state index is 5.89. The minimum absolute atomic E-state index is 0.443. The van der Waals surface area contributed by atoms with Crippen LogP contribution in [0.4, 0.5) is 5.82 Å². The van der Waals surface area contributed by atoms with Crippen LogP contribution in [-0.4, -0.2) is 60.3 Å². The second-order valence-corrected chi connectivity index (χ2v) is 7.06. The fourth-order valence-corrected chi connectivity index (χ4v) is 3.82.